The van der Waals surface area contributed by atoms with Gasteiger partial charge in [0.25, 0.3) is 0 Å². The molecule has 6 saturated heterocycles. The minimum atomic E-state index is 0. The molecule has 0 amide bonds. The molecule has 6 aliphatic heterocycles. The van der Waals surface area contributed by atoms with Crippen LogP contribution in [0, 0.1) is 0 Å². The molecule has 8 aromatic rings. The van der Waals surface area contributed by atoms with Crippen molar-refractivity contribution in [2.24, 2.45) is 0 Å². The lowest BCUT2D eigenvalue weighted by Crippen LogP contribution is -2.08. The third-order valence-electron chi connectivity index (χ3n) is 12.9. The van der Waals surface area contributed by atoms with Crippen LogP contribution in [0.5, 0.6) is 34.5 Å². The first-order chi connectivity index (χ1) is 41.4. The first kappa shape index (κ1) is 54.0. The zero-order valence-electron chi connectivity index (χ0n) is 45.4. The number of ether oxygens (including phenoxy) is 12. The zero-order valence-corrected chi connectivity index (χ0v) is 45.4. The van der Waals surface area contributed by atoms with Crippen LogP contribution >= 0.6 is 0 Å². The quantitative estimate of drug-likeness (QED) is 0.0229. The minimum absolute atomic E-state index is 0. The van der Waals surface area contributed by atoms with Crippen molar-refractivity contribution in [1.29, 1.82) is 0 Å². The van der Waals surface area contributed by atoms with Gasteiger partial charge in [0.15, 0.2) is 0 Å². The molecule has 0 aliphatic carbocycles. The van der Waals surface area contributed by atoms with Crippen LogP contribution in [0.25, 0.3) is 0 Å². The summed E-state index contributed by atoms with van der Waals surface area (Å²) >= 11 is 0. The van der Waals surface area contributed by atoms with E-state index in [9.17, 15) is 0 Å². The highest BCUT2D eigenvalue weighted by molar-refractivity contribution is 5.65. The van der Waals surface area contributed by atoms with Crippen molar-refractivity contribution in [3.8, 4) is 34.5 Å². The van der Waals surface area contributed by atoms with Crippen LogP contribution in [0.15, 0.2) is 146 Å². The topological polar surface area (TPSA) is 280 Å². The van der Waals surface area contributed by atoms with Gasteiger partial charge in [0.1, 0.15) is 111 Å². The van der Waals surface area contributed by atoms with E-state index in [0.717, 1.165) is 108 Å². The van der Waals surface area contributed by atoms with E-state index < -0.39 is 0 Å². The van der Waals surface area contributed by atoms with Crippen molar-refractivity contribution < 1.29 is 59.7 Å². The van der Waals surface area contributed by atoms with Gasteiger partial charge in [0.2, 0.25) is 35.7 Å². The second-order valence-corrected chi connectivity index (χ2v) is 20.1. The van der Waals surface area contributed by atoms with Crippen LogP contribution in [0.3, 0.4) is 0 Å². The van der Waals surface area contributed by atoms with Gasteiger partial charge in [0.05, 0.1) is 39.6 Å². The van der Waals surface area contributed by atoms with Crippen molar-refractivity contribution in [2.45, 2.75) is 36.6 Å². The molecule has 2 aromatic heterocycles. The first-order valence-electron chi connectivity index (χ1n) is 27.6. The lowest BCUT2D eigenvalue weighted by molar-refractivity contribution is 0.263. The molecule has 0 radical (unpaired) electrons. The van der Waals surface area contributed by atoms with Crippen molar-refractivity contribution >= 4 is 69.8 Å². The molecule has 6 atom stereocenters. The minimum Gasteiger partial charge on any atom is -0.491 e. The van der Waals surface area contributed by atoms with Gasteiger partial charge in [-0.25, -0.2) is 0 Å². The number of nitrogens with zero attached hydrogens (tertiary/aromatic N) is 6. The number of benzene rings is 6. The number of hydrogen-bond acceptors (Lipinski definition) is 24. The fourth-order valence-corrected chi connectivity index (χ4v) is 7.88. The largest absolute Gasteiger partial charge is 0.491 e. The number of epoxide rings is 6. The van der Waals surface area contributed by atoms with Gasteiger partial charge in [-0.3, -0.25) is 0 Å². The third kappa shape index (κ3) is 17.4. The summed E-state index contributed by atoms with van der Waals surface area (Å²) in [5, 5.41) is 19.6. The summed E-state index contributed by atoms with van der Waals surface area (Å²) in [6.45, 7) is 7.69. The molecule has 6 unspecified atom stereocenters. The molecule has 6 aliphatic rings. The fourth-order valence-electron chi connectivity index (χ4n) is 7.88. The number of anilines is 12. The van der Waals surface area contributed by atoms with Crippen molar-refractivity contribution in [2.75, 3.05) is 111 Å². The molecule has 6 fully saturated rings. The molecule has 0 bridgehead atoms. The number of rotatable bonds is 30. The maximum absolute atomic E-state index is 5.83. The van der Waals surface area contributed by atoms with Crippen LogP contribution in [-0.4, -0.2) is 146 Å². The van der Waals surface area contributed by atoms with Crippen molar-refractivity contribution in [3.63, 3.8) is 0 Å². The standard InChI is InChI=1S/2C30H30N6O6.2H2/c1-7-22(37-13-25-16-40-25)8-2-19(1)31-28-34-29(32-20-3-9-23(10-4-20)38-14-26-17-41-26)36-30(35-28)33-21-5-11-24(12-6-21)39-15-27-18-42-27;1-4-19(10-22(7-1)37-13-25-16-40-25)31-28-34-29(32-20-5-2-8-23(11-20)38-14-26-17-41-26)36-30(35-28)33-21-6-3-9-24(12-21)39-15-27-18-42-27;;/h2*1-12,25-27H,13-18H2,(H3,31,32,33,34,35,36);2*1H. The summed E-state index contributed by atoms with van der Waals surface area (Å²) < 4.78 is 66.0. The lowest BCUT2D eigenvalue weighted by atomic mass is 10.3. The normalized spacial score (nSPS) is 19.9. The first-order valence-corrected chi connectivity index (χ1v) is 27.6. The fraction of sp³-hybridized carbons (Fsp3) is 0.300. The van der Waals surface area contributed by atoms with Crippen LogP contribution in [0.4, 0.5) is 69.8 Å². The second-order valence-electron chi connectivity index (χ2n) is 20.1. The summed E-state index contributed by atoms with van der Waals surface area (Å²) in [7, 11) is 0. The second kappa shape index (κ2) is 25.9. The van der Waals surface area contributed by atoms with E-state index >= 15 is 0 Å². The van der Waals surface area contributed by atoms with Gasteiger partial charge in [-0.1, -0.05) is 18.2 Å². The van der Waals surface area contributed by atoms with E-state index in [1.807, 2.05) is 146 Å². The highest BCUT2D eigenvalue weighted by Crippen LogP contribution is 2.30. The van der Waals surface area contributed by atoms with Crippen LogP contribution in [0.1, 0.15) is 2.85 Å². The maximum Gasteiger partial charge on any atom is 0.233 e. The Balaban J connectivity index is 0.000000175. The van der Waals surface area contributed by atoms with Gasteiger partial charge in [-0.2, -0.15) is 29.9 Å². The summed E-state index contributed by atoms with van der Waals surface area (Å²) in [6.07, 6.45) is 1.11. The highest BCUT2D eigenvalue weighted by Gasteiger charge is 2.27. The number of hydrogen-bond donors (Lipinski definition) is 6. The summed E-state index contributed by atoms with van der Waals surface area (Å²) in [6, 6.07) is 45.6. The Labute approximate surface area is 485 Å². The summed E-state index contributed by atoms with van der Waals surface area (Å²) in [5.74, 6) is 6.60. The van der Waals surface area contributed by atoms with Gasteiger partial charge >= 0.3 is 0 Å². The molecule has 6 N–H and O–H groups in total. The molecule has 6 aromatic carbocycles. The highest BCUT2D eigenvalue weighted by atomic mass is 16.6. The van der Waals surface area contributed by atoms with Crippen molar-refractivity contribution in [3.05, 3.63) is 146 Å². The van der Waals surface area contributed by atoms with Crippen LogP contribution in [-0.2, 0) is 28.4 Å². The smallest absolute Gasteiger partial charge is 0.233 e. The van der Waals surface area contributed by atoms with Gasteiger partial charge in [0, 0.05) is 55.2 Å². The van der Waals surface area contributed by atoms with Crippen LogP contribution in [0.2, 0.25) is 0 Å². The predicted octanol–water partition coefficient (Wildman–Crippen LogP) is 9.36. The Morgan fingerprint density at radius 3 is 0.690 bits per heavy atom. The number of aromatic nitrogens is 6. The Kier molecular flexibility index (Phi) is 16.6. The van der Waals surface area contributed by atoms with E-state index in [1.165, 1.54) is 0 Å². The molecule has 0 spiro atoms. The molecular weight excluding hydrogens is 1080 g/mol. The molecule has 8 heterocycles. The zero-order chi connectivity index (χ0) is 56.3. The van der Waals surface area contributed by atoms with Gasteiger partial charge in [-0.05, 0) is 109 Å². The van der Waals surface area contributed by atoms with Gasteiger partial charge < -0.3 is 88.7 Å². The lowest BCUT2D eigenvalue weighted by Gasteiger charge is -2.13. The molecule has 436 valence electrons. The van der Waals surface area contributed by atoms with E-state index in [2.05, 4.69) is 61.8 Å². The monoisotopic (exact) mass is 1140 g/mol. The third-order valence-corrected chi connectivity index (χ3v) is 12.9. The Morgan fingerprint density at radius 1 is 0.274 bits per heavy atom. The van der Waals surface area contributed by atoms with Crippen LogP contribution < -0.4 is 60.3 Å². The maximum atomic E-state index is 5.83. The molecule has 0 saturated carbocycles. The Hall–Kier alpha value is -9.30. The summed E-state index contributed by atoms with van der Waals surface area (Å²) in [5.41, 5.74) is 4.70. The van der Waals surface area contributed by atoms with E-state index in [1.54, 1.807) is 0 Å². The average molecular weight is 1150 g/mol. The molecular formula is C60H64N12O12. The predicted molar refractivity (Wildman–Crippen MR) is 314 cm³/mol. The Bertz CT molecular complexity index is 3090. The summed E-state index contributed by atoms with van der Waals surface area (Å²) in [4.78, 5) is 27.7. The average Bonchev–Trinajstić information content (AvgIpc) is 4.36. The Morgan fingerprint density at radius 2 is 0.476 bits per heavy atom. The van der Waals surface area contributed by atoms with Crippen molar-refractivity contribution in [1.82, 2.24) is 29.9 Å². The van der Waals surface area contributed by atoms with E-state index in [4.69, 9.17) is 56.8 Å². The molecule has 84 heavy (non-hydrogen) atoms. The number of nitrogens with one attached hydrogen (secondary N) is 6. The van der Waals surface area contributed by atoms with E-state index in [0.29, 0.717) is 75.3 Å². The SMILES string of the molecule is [HH].[HH].c1cc(Nc2nc(Nc3cccc(OCC4CO4)c3)nc(Nc3cccc(OCC4CO4)c3)n2)cc(OCC2CO2)c1.c1cc(OCC2CO2)ccc1Nc1nc(Nc2ccc(OCC3CO3)cc2)nc(Nc2ccc(OCC3CO3)cc2)n1. The van der Waals surface area contributed by atoms with Gasteiger partial charge in [-0.15, -0.1) is 0 Å². The molecule has 14 rings (SSSR count). The van der Waals surface area contributed by atoms with E-state index in [-0.39, 0.29) is 39.5 Å². The molecule has 24 heteroatoms. The molecule has 24 nitrogen and oxygen atoms in total.